The van der Waals surface area contributed by atoms with Gasteiger partial charge in [-0.3, -0.25) is 4.98 Å². The van der Waals surface area contributed by atoms with Gasteiger partial charge in [0.2, 0.25) is 0 Å². The molecule has 0 amide bonds. The van der Waals surface area contributed by atoms with Crippen molar-refractivity contribution in [2.75, 3.05) is 6.26 Å². The molecule has 0 spiro atoms. The molecule has 0 saturated carbocycles. The van der Waals surface area contributed by atoms with Gasteiger partial charge in [0.05, 0.1) is 11.8 Å². The maximum Gasteiger partial charge on any atom is 0.367 e. The quantitative estimate of drug-likeness (QED) is 0.733. The summed E-state index contributed by atoms with van der Waals surface area (Å²) in [7, 11) is -3.84. The summed E-state index contributed by atoms with van der Waals surface area (Å²) in [4.78, 5) is 16.1. The minimum atomic E-state index is -3.84. The Balaban J connectivity index is 2.39. The van der Waals surface area contributed by atoms with Crippen LogP contribution in [0, 0.1) is 5.82 Å². The maximum atomic E-state index is 13.1. The molecule has 0 bridgehead atoms. The minimum absolute atomic E-state index is 0.0432. The molecule has 0 atom stereocenters. The van der Waals surface area contributed by atoms with Crippen LogP contribution in [0.25, 0.3) is 22.4 Å². The van der Waals surface area contributed by atoms with Gasteiger partial charge in [-0.15, -0.1) is 0 Å². The average Bonchev–Trinajstić information content (AvgIpc) is 2.87. The summed E-state index contributed by atoms with van der Waals surface area (Å²) in [6.07, 6.45) is 3.86. The van der Waals surface area contributed by atoms with Crippen LogP contribution in [0.2, 0.25) is 0 Å². The van der Waals surface area contributed by atoms with Crippen LogP contribution in [0.3, 0.4) is 0 Å². The summed E-state index contributed by atoms with van der Waals surface area (Å²) in [5.74, 6) is -0.467. The fraction of sp³-hybridized carbons (Fsp3) is 0.0667. The molecule has 2 heterocycles. The Kier molecular flexibility index (Phi) is 3.61. The SMILES string of the molecule is CS(=O)(=O)n1oc(=O)c(-c2ccc(F)cc2)c1-c1ccncc1. The van der Waals surface area contributed by atoms with E-state index in [1.165, 1.54) is 36.7 Å². The van der Waals surface area contributed by atoms with Gasteiger partial charge in [0, 0.05) is 18.0 Å². The van der Waals surface area contributed by atoms with E-state index in [9.17, 15) is 17.6 Å². The summed E-state index contributed by atoms with van der Waals surface area (Å²) >= 11 is 0. The molecule has 23 heavy (non-hydrogen) atoms. The second-order valence-electron chi connectivity index (χ2n) is 4.84. The zero-order chi connectivity index (χ0) is 16.6. The molecule has 0 unspecified atom stereocenters. The molecule has 3 aromatic rings. The van der Waals surface area contributed by atoms with E-state index in [0.717, 1.165) is 6.26 Å². The fourth-order valence-corrected chi connectivity index (χ4v) is 2.95. The van der Waals surface area contributed by atoms with E-state index in [1.54, 1.807) is 12.1 Å². The minimum Gasteiger partial charge on any atom is -0.320 e. The first kappa shape index (κ1) is 15.2. The molecule has 6 nitrogen and oxygen atoms in total. The van der Waals surface area contributed by atoms with Crippen LogP contribution in [0.5, 0.6) is 0 Å². The molecule has 118 valence electrons. The lowest BCUT2D eigenvalue weighted by Crippen LogP contribution is -2.10. The highest BCUT2D eigenvalue weighted by atomic mass is 32.2. The topological polar surface area (TPSA) is 82.2 Å². The van der Waals surface area contributed by atoms with Crippen molar-refractivity contribution in [2.24, 2.45) is 0 Å². The second-order valence-corrected chi connectivity index (χ2v) is 6.63. The third-order valence-electron chi connectivity index (χ3n) is 3.18. The molecule has 0 aliphatic heterocycles. The molecule has 2 aromatic heterocycles. The number of hydrogen-bond donors (Lipinski definition) is 0. The number of hydrogen-bond acceptors (Lipinski definition) is 5. The summed E-state index contributed by atoms with van der Waals surface area (Å²) in [5.41, 5.74) is 0.0898. The van der Waals surface area contributed by atoms with Crippen molar-refractivity contribution in [2.45, 2.75) is 0 Å². The Hall–Kier alpha value is -2.74. The molecule has 0 fully saturated rings. The predicted molar refractivity (Wildman–Crippen MR) is 81.8 cm³/mol. The van der Waals surface area contributed by atoms with Gasteiger partial charge in [0.1, 0.15) is 11.5 Å². The highest BCUT2D eigenvalue weighted by molar-refractivity contribution is 7.89. The summed E-state index contributed by atoms with van der Waals surface area (Å²) in [5, 5.41) is 0. The van der Waals surface area contributed by atoms with E-state index in [4.69, 9.17) is 4.52 Å². The van der Waals surface area contributed by atoms with E-state index in [0.29, 0.717) is 15.3 Å². The second kappa shape index (κ2) is 5.47. The van der Waals surface area contributed by atoms with Crippen molar-refractivity contribution in [3.63, 3.8) is 0 Å². The van der Waals surface area contributed by atoms with Gasteiger partial charge in [-0.25, -0.2) is 17.6 Å². The zero-order valence-electron chi connectivity index (χ0n) is 11.9. The Morgan fingerprint density at radius 1 is 1.04 bits per heavy atom. The van der Waals surface area contributed by atoms with E-state index in [2.05, 4.69) is 4.98 Å². The van der Waals surface area contributed by atoms with Gasteiger partial charge in [0.25, 0.3) is 10.0 Å². The smallest absolute Gasteiger partial charge is 0.320 e. The van der Waals surface area contributed by atoms with Crippen molar-refractivity contribution < 1.29 is 17.3 Å². The Morgan fingerprint density at radius 3 is 2.22 bits per heavy atom. The van der Waals surface area contributed by atoms with Crippen LogP contribution in [0.15, 0.2) is 58.1 Å². The average molecular weight is 334 g/mol. The van der Waals surface area contributed by atoms with E-state index >= 15 is 0 Å². The molecule has 0 radical (unpaired) electrons. The third kappa shape index (κ3) is 2.80. The monoisotopic (exact) mass is 334 g/mol. The number of aromatic nitrogens is 2. The number of nitrogens with zero attached hydrogens (tertiary/aromatic N) is 2. The highest BCUT2D eigenvalue weighted by Crippen LogP contribution is 2.30. The first-order valence-electron chi connectivity index (χ1n) is 6.51. The molecule has 0 aliphatic rings. The standard InChI is InChI=1S/C15H11FN2O4S/c1-23(20,21)18-14(11-6-8-17-9-7-11)13(15(19)22-18)10-2-4-12(16)5-3-10/h2-9H,1H3. The van der Waals surface area contributed by atoms with Crippen molar-refractivity contribution >= 4 is 10.0 Å². The van der Waals surface area contributed by atoms with E-state index < -0.39 is 21.5 Å². The molecule has 0 aliphatic carbocycles. The van der Waals surface area contributed by atoms with Crippen LogP contribution in [0.4, 0.5) is 4.39 Å². The van der Waals surface area contributed by atoms with Gasteiger partial charge in [0.15, 0.2) is 0 Å². The van der Waals surface area contributed by atoms with Gasteiger partial charge < -0.3 is 4.52 Å². The van der Waals surface area contributed by atoms with Crippen LogP contribution in [0.1, 0.15) is 0 Å². The maximum absolute atomic E-state index is 13.1. The van der Waals surface area contributed by atoms with E-state index in [1.807, 2.05) is 0 Å². The van der Waals surface area contributed by atoms with Crippen molar-refractivity contribution in [3.05, 3.63) is 65.0 Å². The van der Waals surface area contributed by atoms with E-state index in [-0.39, 0.29) is 11.3 Å². The molecule has 8 heteroatoms. The van der Waals surface area contributed by atoms with Gasteiger partial charge in [-0.1, -0.05) is 16.3 Å². The fourth-order valence-electron chi connectivity index (χ4n) is 2.22. The zero-order valence-corrected chi connectivity index (χ0v) is 12.7. The Bertz CT molecular complexity index is 1010. The number of pyridine rings is 1. The molecular weight excluding hydrogens is 323 g/mol. The van der Waals surface area contributed by atoms with Crippen molar-refractivity contribution in [1.29, 1.82) is 0 Å². The summed E-state index contributed by atoms with van der Waals surface area (Å²) in [6.45, 7) is 0. The highest BCUT2D eigenvalue weighted by Gasteiger charge is 2.25. The molecule has 3 rings (SSSR count). The lowest BCUT2D eigenvalue weighted by atomic mass is 10.0. The van der Waals surface area contributed by atoms with Gasteiger partial charge in [-0.2, -0.15) is 0 Å². The van der Waals surface area contributed by atoms with Crippen LogP contribution < -0.4 is 5.63 Å². The number of rotatable bonds is 3. The Morgan fingerprint density at radius 2 is 1.65 bits per heavy atom. The van der Waals surface area contributed by atoms with Crippen molar-refractivity contribution in [3.8, 4) is 22.4 Å². The number of halogens is 1. The molecule has 1 aromatic carbocycles. The van der Waals surface area contributed by atoms with Gasteiger partial charge in [-0.05, 0) is 29.8 Å². The van der Waals surface area contributed by atoms with Crippen LogP contribution in [-0.2, 0) is 10.0 Å². The molecular formula is C15H11FN2O4S. The summed E-state index contributed by atoms with van der Waals surface area (Å²) in [6, 6.07) is 8.25. The lowest BCUT2D eigenvalue weighted by molar-refractivity contribution is 0.347. The molecule has 0 N–H and O–H groups in total. The lowest BCUT2D eigenvalue weighted by Gasteiger charge is -2.06. The third-order valence-corrected chi connectivity index (χ3v) is 4.04. The normalized spacial score (nSPS) is 11.6. The Labute approximate surface area is 130 Å². The van der Waals surface area contributed by atoms with Crippen LogP contribution >= 0.6 is 0 Å². The number of benzene rings is 1. The largest absolute Gasteiger partial charge is 0.367 e. The first-order valence-corrected chi connectivity index (χ1v) is 8.36. The molecule has 0 saturated heterocycles. The van der Waals surface area contributed by atoms with Crippen LogP contribution in [-0.4, -0.2) is 23.8 Å². The van der Waals surface area contributed by atoms with Crippen molar-refractivity contribution in [1.82, 2.24) is 9.13 Å². The van der Waals surface area contributed by atoms with Gasteiger partial charge >= 0.3 is 5.63 Å². The first-order chi connectivity index (χ1) is 10.9. The predicted octanol–water partition coefficient (Wildman–Crippen LogP) is 2.12. The summed E-state index contributed by atoms with van der Waals surface area (Å²) < 4.78 is 42.5.